The number of carbonyl (C=O) groups excluding carboxylic acids is 1. The van der Waals surface area contributed by atoms with Crippen LogP contribution in [0.25, 0.3) is 10.4 Å². The van der Waals surface area contributed by atoms with E-state index in [0.717, 1.165) is 22.4 Å². The topological polar surface area (TPSA) is 233 Å². The summed E-state index contributed by atoms with van der Waals surface area (Å²) in [4.78, 5) is 54.0. The first kappa shape index (κ1) is 32.4. The SMILES string of the molecule is CC(C)[C@H](N=[P+]([O-])Oc1ccccc1OC[C@@]1(N=[N+]=[N-])O[C@@H](n2ccc(=O)[nH]c2=O)[C@H](O)[C@@H]1O)C(=O)OCc1ccccc1. The summed E-state index contributed by atoms with van der Waals surface area (Å²) in [5, 5.41) is 24.9. The maximum absolute atomic E-state index is 12.9. The molecule has 1 unspecified atom stereocenters. The van der Waals surface area contributed by atoms with E-state index in [1.165, 1.54) is 12.1 Å². The first-order chi connectivity index (χ1) is 21.0. The maximum Gasteiger partial charge on any atom is 0.395 e. The summed E-state index contributed by atoms with van der Waals surface area (Å²) < 4.78 is 27.0. The largest absolute Gasteiger partial charge is 0.575 e. The molecule has 1 fully saturated rings. The highest BCUT2D eigenvalue weighted by Gasteiger charge is 2.56. The maximum atomic E-state index is 12.9. The molecule has 17 heteroatoms. The van der Waals surface area contributed by atoms with Crippen molar-refractivity contribution < 1.29 is 38.6 Å². The molecule has 1 aliphatic heterocycles. The normalized spacial score (nSPS) is 22.2. The molecule has 0 saturated carbocycles. The van der Waals surface area contributed by atoms with Crippen molar-refractivity contribution in [3.05, 3.63) is 104 Å². The van der Waals surface area contributed by atoms with Gasteiger partial charge in [-0.3, -0.25) is 18.9 Å². The second kappa shape index (κ2) is 14.3. The Labute approximate surface area is 250 Å². The van der Waals surface area contributed by atoms with Crippen LogP contribution >= 0.6 is 8.17 Å². The summed E-state index contributed by atoms with van der Waals surface area (Å²) in [5.74, 6) is -1.17. The van der Waals surface area contributed by atoms with E-state index in [9.17, 15) is 35.0 Å². The number of esters is 1. The molecule has 1 aromatic heterocycles. The van der Waals surface area contributed by atoms with E-state index in [0.29, 0.717) is 0 Å². The number of azide groups is 1. The average Bonchev–Trinajstić information content (AvgIpc) is 3.24. The predicted molar refractivity (Wildman–Crippen MR) is 152 cm³/mol. The third-order valence-electron chi connectivity index (χ3n) is 6.52. The molecule has 2 aromatic carbocycles. The molecule has 6 atom stereocenters. The van der Waals surface area contributed by atoms with E-state index in [1.807, 2.05) is 11.1 Å². The number of para-hydroxylation sites is 2. The lowest BCUT2D eigenvalue weighted by atomic mass is 10.1. The van der Waals surface area contributed by atoms with Gasteiger partial charge in [0, 0.05) is 17.2 Å². The van der Waals surface area contributed by atoms with Gasteiger partial charge in [0.2, 0.25) is 11.5 Å². The molecule has 0 amide bonds. The monoisotopic (exact) mass is 628 g/mol. The number of hydrogen-bond donors (Lipinski definition) is 3. The summed E-state index contributed by atoms with van der Waals surface area (Å²) in [6.45, 7) is 2.74. The quantitative estimate of drug-likeness (QED) is 0.0866. The molecule has 2 heterocycles. The van der Waals surface area contributed by atoms with Crippen LogP contribution in [0.15, 0.2) is 86.3 Å². The minimum absolute atomic E-state index is 0.0139. The van der Waals surface area contributed by atoms with Crippen LogP contribution in [-0.2, 0) is 20.9 Å². The molecule has 0 radical (unpaired) electrons. The van der Waals surface area contributed by atoms with Gasteiger partial charge < -0.3 is 29.3 Å². The third kappa shape index (κ3) is 7.50. The summed E-state index contributed by atoms with van der Waals surface area (Å²) in [6, 6.07) is 14.8. The van der Waals surface area contributed by atoms with Gasteiger partial charge >= 0.3 is 19.8 Å². The van der Waals surface area contributed by atoms with E-state index in [4.69, 9.17) is 18.7 Å². The number of hydrogen-bond acceptors (Lipinski definition) is 12. The number of aromatic nitrogens is 2. The van der Waals surface area contributed by atoms with Crippen molar-refractivity contribution in [1.29, 1.82) is 0 Å². The molecule has 1 aliphatic rings. The highest BCUT2D eigenvalue weighted by molar-refractivity contribution is 7.34. The Hall–Kier alpha value is -4.56. The van der Waals surface area contributed by atoms with Gasteiger partial charge in [0.05, 0.1) is 0 Å². The van der Waals surface area contributed by atoms with E-state index >= 15 is 0 Å². The Morgan fingerprint density at radius 2 is 1.84 bits per heavy atom. The minimum atomic E-state index is -2.82. The standard InChI is InChI=1S/C27H29N6O10P/c1-16(2)21(25(37)40-14-17-8-4-3-5-9-17)30-44(39)43-19-11-7-6-10-18(19)41-15-27(31-32-28)23(36)22(35)24(42-27)33-13-12-20(34)29-26(33)38/h3-13,16,21-24,35-36H,14-15H2,1-2H3,(H,29,34,38)/t21-,22+,23-,24+,27+/m0/s1. The van der Waals surface area contributed by atoms with Gasteiger partial charge in [0.25, 0.3) is 5.56 Å². The number of carbonyl (C=O) groups is 1. The number of aliphatic hydroxyl groups excluding tert-OH is 2. The van der Waals surface area contributed by atoms with Gasteiger partial charge in [0.1, 0.15) is 25.4 Å². The number of aromatic amines is 1. The first-order valence-electron chi connectivity index (χ1n) is 13.2. The van der Waals surface area contributed by atoms with Gasteiger partial charge in [-0.2, -0.15) is 0 Å². The van der Waals surface area contributed by atoms with E-state index in [-0.39, 0.29) is 24.0 Å². The summed E-state index contributed by atoms with van der Waals surface area (Å²) in [7, 11) is -2.82. The number of H-pyrrole nitrogens is 1. The van der Waals surface area contributed by atoms with Gasteiger partial charge in [-0.15, -0.1) is 0 Å². The highest BCUT2D eigenvalue weighted by atomic mass is 31.1. The van der Waals surface area contributed by atoms with Crippen LogP contribution in [0.1, 0.15) is 25.6 Å². The van der Waals surface area contributed by atoms with Crippen molar-refractivity contribution in [2.45, 2.75) is 50.7 Å². The van der Waals surface area contributed by atoms with Crippen LogP contribution in [0.2, 0.25) is 0 Å². The van der Waals surface area contributed by atoms with Crippen molar-refractivity contribution in [2.24, 2.45) is 15.8 Å². The Morgan fingerprint density at radius 1 is 1.16 bits per heavy atom. The van der Waals surface area contributed by atoms with Crippen LogP contribution in [0.4, 0.5) is 0 Å². The van der Waals surface area contributed by atoms with Gasteiger partial charge in [0.15, 0.2) is 18.0 Å². The molecular formula is C27H29N6O10P. The number of rotatable bonds is 12. The van der Waals surface area contributed by atoms with Crippen molar-refractivity contribution >= 4 is 14.1 Å². The molecule has 0 spiro atoms. The number of ether oxygens (including phenoxy) is 3. The number of nitrogens with one attached hydrogen (secondary N) is 1. The zero-order valence-corrected chi connectivity index (χ0v) is 24.4. The smallest absolute Gasteiger partial charge is 0.395 e. The summed E-state index contributed by atoms with van der Waals surface area (Å²) in [6.07, 6.45) is -4.17. The number of aliphatic hydroxyl groups is 2. The number of benzene rings is 2. The Kier molecular flexibility index (Phi) is 10.5. The van der Waals surface area contributed by atoms with Crippen LogP contribution < -0.4 is 25.4 Å². The first-order valence-corrected chi connectivity index (χ1v) is 14.4. The van der Waals surface area contributed by atoms with Crippen LogP contribution in [0, 0.1) is 5.92 Å². The molecule has 3 aromatic rings. The fourth-order valence-electron chi connectivity index (χ4n) is 4.23. The lowest BCUT2D eigenvalue weighted by molar-refractivity contribution is -0.170. The van der Waals surface area contributed by atoms with Crippen molar-refractivity contribution in [3.8, 4) is 11.5 Å². The van der Waals surface area contributed by atoms with Crippen LogP contribution in [0.3, 0.4) is 0 Å². The molecule has 0 aliphatic carbocycles. The lowest BCUT2D eigenvalue weighted by Crippen LogP contribution is -2.46. The third-order valence-corrected chi connectivity index (χ3v) is 7.31. The van der Waals surface area contributed by atoms with E-state index in [1.54, 1.807) is 50.2 Å². The Morgan fingerprint density at radius 3 is 2.50 bits per heavy atom. The Bertz CT molecular complexity index is 1660. The summed E-state index contributed by atoms with van der Waals surface area (Å²) >= 11 is 0. The van der Waals surface area contributed by atoms with Crippen LogP contribution in [0.5, 0.6) is 11.5 Å². The van der Waals surface area contributed by atoms with E-state index < -0.39 is 62.2 Å². The second-order valence-corrected chi connectivity index (χ2v) is 10.8. The van der Waals surface area contributed by atoms with Crippen molar-refractivity contribution in [2.75, 3.05) is 6.61 Å². The fraction of sp³-hybridized carbons (Fsp3) is 0.370. The Balaban J connectivity index is 1.50. The van der Waals surface area contributed by atoms with Gasteiger partial charge in [-0.25, -0.2) is 9.59 Å². The molecular weight excluding hydrogens is 599 g/mol. The van der Waals surface area contributed by atoms with Crippen molar-refractivity contribution in [1.82, 2.24) is 9.55 Å². The van der Waals surface area contributed by atoms with Gasteiger partial charge in [-0.1, -0.05) is 66.2 Å². The van der Waals surface area contributed by atoms with Crippen LogP contribution in [-0.4, -0.2) is 56.3 Å². The zero-order chi connectivity index (χ0) is 31.9. The predicted octanol–water partition coefficient (Wildman–Crippen LogP) is 1.88. The van der Waals surface area contributed by atoms with E-state index in [2.05, 4.69) is 14.8 Å². The summed E-state index contributed by atoms with van der Waals surface area (Å²) in [5.41, 5.74) is 6.08. The van der Waals surface area contributed by atoms with Gasteiger partial charge in [-0.05, 0) is 29.1 Å². The molecule has 1 saturated heterocycles. The second-order valence-electron chi connectivity index (χ2n) is 9.96. The average molecular weight is 629 g/mol. The molecule has 0 bridgehead atoms. The minimum Gasteiger partial charge on any atom is -0.575 e. The number of nitrogens with zero attached hydrogens (tertiary/aromatic N) is 5. The molecule has 16 nitrogen and oxygen atoms in total. The fourth-order valence-corrected chi connectivity index (χ4v) is 5.16. The molecule has 4 rings (SSSR count). The lowest BCUT2D eigenvalue weighted by Gasteiger charge is -2.26. The molecule has 3 N–H and O–H groups in total. The zero-order valence-electron chi connectivity index (χ0n) is 23.5. The highest BCUT2D eigenvalue weighted by Crippen LogP contribution is 2.40. The molecule has 232 valence electrons. The molecule has 44 heavy (non-hydrogen) atoms. The van der Waals surface area contributed by atoms with Crippen molar-refractivity contribution in [3.63, 3.8) is 0 Å².